The van der Waals surface area contributed by atoms with Crippen molar-refractivity contribution in [2.75, 3.05) is 13.1 Å². The second-order valence-corrected chi connectivity index (χ2v) is 11.3. The highest BCUT2D eigenvalue weighted by Gasteiger charge is 2.49. The molecule has 41 heavy (non-hydrogen) atoms. The van der Waals surface area contributed by atoms with Crippen LogP contribution in [0.1, 0.15) is 62.7 Å². The van der Waals surface area contributed by atoms with E-state index in [9.17, 15) is 19.2 Å². The summed E-state index contributed by atoms with van der Waals surface area (Å²) < 4.78 is 15.8. The number of carbonyl (C=O) groups excluding carboxylic acids is 4. The molecule has 1 N–H and O–H groups in total. The molecule has 208 valence electrons. The van der Waals surface area contributed by atoms with Gasteiger partial charge in [0, 0.05) is 42.7 Å². The molecular formula is C32H29FN4O4. The van der Waals surface area contributed by atoms with Gasteiger partial charge in [-0.15, -0.1) is 0 Å². The lowest BCUT2D eigenvalue weighted by atomic mass is 9.96. The van der Waals surface area contributed by atoms with Crippen molar-refractivity contribution >= 4 is 23.6 Å². The van der Waals surface area contributed by atoms with Gasteiger partial charge in [0.1, 0.15) is 11.9 Å². The van der Waals surface area contributed by atoms with E-state index in [1.54, 1.807) is 4.90 Å². The van der Waals surface area contributed by atoms with Crippen LogP contribution < -0.4 is 5.32 Å². The van der Waals surface area contributed by atoms with Crippen LogP contribution in [-0.2, 0) is 16.1 Å². The smallest absolute Gasteiger partial charge is 0.257 e. The van der Waals surface area contributed by atoms with Gasteiger partial charge in [0.15, 0.2) is 0 Å². The number of nitrogens with zero attached hydrogens (tertiary/aromatic N) is 3. The van der Waals surface area contributed by atoms with E-state index >= 15 is 4.39 Å². The third-order valence-electron chi connectivity index (χ3n) is 8.99. The molecule has 4 aliphatic rings. The molecule has 3 atom stereocenters. The molecular weight excluding hydrogens is 523 g/mol. The van der Waals surface area contributed by atoms with E-state index in [2.05, 4.69) is 34.5 Å². The molecule has 3 aromatic carbocycles. The van der Waals surface area contributed by atoms with Crippen molar-refractivity contribution in [1.82, 2.24) is 20.0 Å². The molecule has 4 amide bonds. The Balaban J connectivity index is 1.11. The normalized spacial score (nSPS) is 23.9. The molecule has 0 aromatic heterocycles. The summed E-state index contributed by atoms with van der Waals surface area (Å²) in [4.78, 5) is 56.2. The molecule has 3 fully saturated rings. The SMILES string of the molecule is O=C1CCC(N2Cc3c(ccc(C(=O)N4C[C@@H]5C[C@H]4CN5C(c4ccccc4)c4ccccc4)c3F)C2=O)C(=O)N1. The van der Waals surface area contributed by atoms with E-state index in [4.69, 9.17) is 0 Å². The van der Waals surface area contributed by atoms with Crippen LogP contribution in [0.25, 0.3) is 0 Å². The van der Waals surface area contributed by atoms with Gasteiger partial charge >= 0.3 is 0 Å². The predicted molar refractivity (Wildman–Crippen MR) is 147 cm³/mol. The molecule has 1 unspecified atom stereocenters. The first kappa shape index (κ1) is 25.6. The maximum Gasteiger partial charge on any atom is 0.257 e. The Kier molecular flexibility index (Phi) is 6.19. The molecule has 4 heterocycles. The minimum atomic E-state index is -0.839. The molecule has 8 nitrogen and oxygen atoms in total. The first-order valence-electron chi connectivity index (χ1n) is 14.0. The molecule has 7 rings (SSSR count). The molecule has 0 saturated carbocycles. The number of imide groups is 1. The maximum atomic E-state index is 15.8. The molecule has 0 radical (unpaired) electrons. The van der Waals surface area contributed by atoms with Crippen LogP contribution >= 0.6 is 0 Å². The van der Waals surface area contributed by atoms with E-state index in [1.807, 2.05) is 36.4 Å². The second-order valence-electron chi connectivity index (χ2n) is 11.3. The van der Waals surface area contributed by atoms with E-state index in [-0.39, 0.29) is 66.0 Å². The van der Waals surface area contributed by atoms with Crippen LogP contribution in [0.15, 0.2) is 72.8 Å². The number of rotatable bonds is 5. The van der Waals surface area contributed by atoms with Crippen molar-refractivity contribution in [2.24, 2.45) is 0 Å². The summed E-state index contributed by atoms with van der Waals surface area (Å²) in [6, 6.07) is 22.9. The van der Waals surface area contributed by atoms with Crippen LogP contribution in [0, 0.1) is 5.82 Å². The number of carbonyl (C=O) groups is 4. The summed E-state index contributed by atoms with van der Waals surface area (Å²) in [5, 5.41) is 2.25. The Bertz CT molecular complexity index is 1520. The number of benzene rings is 3. The van der Waals surface area contributed by atoms with Crippen molar-refractivity contribution in [3.8, 4) is 0 Å². The number of hydrogen-bond acceptors (Lipinski definition) is 5. The van der Waals surface area contributed by atoms with Gasteiger partial charge in [-0.25, -0.2) is 4.39 Å². The molecule has 2 bridgehead atoms. The van der Waals surface area contributed by atoms with Gasteiger partial charge < -0.3 is 9.80 Å². The van der Waals surface area contributed by atoms with Crippen molar-refractivity contribution in [3.05, 3.63) is 106 Å². The van der Waals surface area contributed by atoms with Crippen LogP contribution in [0.5, 0.6) is 0 Å². The van der Waals surface area contributed by atoms with Gasteiger partial charge in [0.05, 0.1) is 18.2 Å². The van der Waals surface area contributed by atoms with E-state index in [0.29, 0.717) is 13.1 Å². The lowest BCUT2D eigenvalue weighted by molar-refractivity contribution is -0.136. The van der Waals surface area contributed by atoms with Gasteiger partial charge in [0.2, 0.25) is 11.8 Å². The molecule has 0 aliphatic carbocycles. The van der Waals surface area contributed by atoms with Gasteiger partial charge in [0.25, 0.3) is 11.8 Å². The third-order valence-corrected chi connectivity index (χ3v) is 8.99. The Hall–Kier alpha value is -4.37. The zero-order valence-electron chi connectivity index (χ0n) is 22.3. The fourth-order valence-corrected chi connectivity index (χ4v) is 7.03. The number of likely N-dealkylation sites (tertiary alicyclic amines) is 2. The second kappa shape index (κ2) is 9.92. The lowest BCUT2D eigenvalue weighted by Gasteiger charge is -2.39. The largest absolute Gasteiger partial charge is 0.333 e. The molecule has 0 spiro atoms. The van der Waals surface area contributed by atoms with Crippen molar-refractivity contribution < 1.29 is 23.6 Å². The standard InChI is InChI=1S/C32H29FN4O4/c33-28-24(12-11-23-25(28)18-37(31(23)40)26-13-14-27(38)34-30(26)39)32(41)36-17-21-15-22(36)16-35(21)29(19-7-3-1-4-8-19)20-9-5-2-6-10-20/h1-12,21-22,26,29H,13-18H2,(H,34,38,39)/t21-,22-,26?/m0/s1. The fraction of sp³-hybridized carbons (Fsp3) is 0.312. The Morgan fingerprint density at radius 2 is 1.56 bits per heavy atom. The molecule has 9 heteroatoms. The number of fused-ring (bicyclic) bond motifs is 3. The summed E-state index contributed by atoms with van der Waals surface area (Å²) in [5.41, 5.74) is 2.62. The predicted octanol–water partition coefficient (Wildman–Crippen LogP) is 3.28. The van der Waals surface area contributed by atoms with Gasteiger partial charge in [-0.05, 0) is 36.1 Å². The van der Waals surface area contributed by atoms with E-state index in [0.717, 1.165) is 6.42 Å². The highest BCUT2D eigenvalue weighted by molar-refractivity contribution is 6.06. The molecule has 3 saturated heterocycles. The first-order valence-corrected chi connectivity index (χ1v) is 14.0. The van der Waals surface area contributed by atoms with Gasteiger partial charge in [-0.3, -0.25) is 29.4 Å². The zero-order valence-corrected chi connectivity index (χ0v) is 22.3. The number of halogens is 1. The van der Waals surface area contributed by atoms with Gasteiger partial charge in [-0.2, -0.15) is 0 Å². The van der Waals surface area contributed by atoms with E-state index in [1.165, 1.54) is 28.2 Å². The highest BCUT2D eigenvalue weighted by atomic mass is 19.1. The van der Waals surface area contributed by atoms with Crippen LogP contribution in [0.4, 0.5) is 4.39 Å². The van der Waals surface area contributed by atoms with Crippen LogP contribution in [0.3, 0.4) is 0 Å². The topological polar surface area (TPSA) is 90.0 Å². The van der Waals surface area contributed by atoms with Gasteiger partial charge in [-0.1, -0.05) is 60.7 Å². The summed E-state index contributed by atoms with van der Waals surface area (Å²) in [6.07, 6.45) is 1.13. The summed E-state index contributed by atoms with van der Waals surface area (Å²) in [6.45, 7) is 1.07. The van der Waals surface area contributed by atoms with Crippen LogP contribution in [-0.4, -0.2) is 69.5 Å². The van der Waals surface area contributed by atoms with Crippen molar-refractivity contribution in [2.45, 2.75) is 50.0 Å². The Morgan fingerprint density at radius 1 is 0.878 bits per heavy atom. The minimum Gasteiger partial charge on any atom is -0.333 e. The molecule has 4 aliphatic heterocycles. The number of hydrogen-bond donors (Lipinski definition) is 1. The number of amides is 4. The average molecular weight is 553 g/mol. The minimum absolute atomic E-state index is 0.0447. The number of nitrogens with one attached hydrogen (secondary N) is 1. The van der Waals surface area contributed by atoms with Crippen molar-refractivity contribution in [1.29, 1.82) is 0 Å². The monoisotopic (exact) mass is 552 g/mol. The van der Waals surface area contributed by atoms with Crippen molar-refractivity contribution in [3.63, 3.8) is 0 Å². The maximum absolute atomic E-state index is 15.8. The summed E-state index contributed by atoms with van der Waals surface area (Å²) >= 11 is 0. The average Bonchev–Trinajstić information content (AvgIpc) is 3.68. The Morgan fingerprint density at radius 3 is 2.17 bits per heavy atom. The van der Waals surface area contributed by atoms with E-state index < -0.39 is 23.7 Å². The highest BCUT2D eigenvalue weighted by Crippen LogP contribution is 2.41. The Labute approximate surface area is 236 Å². The summed E-state index contributed by atoms with van der Waals surface area (Å²) in [5.74, 6) is -2.48. The zero-order chi connectivity index (χ0) is 28.2. The lowest BCUT2D eigenvalue weighted by Crippen LogP contribution is -2.52. The molecule has 3 aromatic rings. The van der Waals surface area contributed by atoms with Crippen LogP contribution in [0.2, 0.25) is 0 Å². The fourth-order valence-electron chi connectivity index (χ4n) is 7.03. The summed E-state index contributed by atoms with van der Waals surface area (Å²) in [7, 11) is 0. The third kappa shape index (κ3) is 4.23. The quantitative estimate of drug-likeness (QED) is 0.491. The number of piperazine rings is 1. The number of piperidine rings is 1. The first-order chi connectivity index (χ1) is 19.9.